The Bertz CT molecular complexity index is 1510. The summed E-state index contributed by atoms with van der Waals surface area (Å²) in [5, 5.41) is 5.89. The predicted octanol–water partition coefficient (Wildman–Crippen LogP) is 4.88. The highest BCUT2D eigenvalue weighted by atomic mass is 19.2. The van der Waals surface area contributed by atoms with Crippen molar-refractivity contribution in [3.63, 3.8) is 0 Å². The molecule has 0 atom stereocenters. The molecule has 2 aliphatic rings. The highest BCUT2D eigenvalue weighted by Gasteiger charge is 2.25. The molecule has 1 aliphatic heterocycles. The molecule has 2 fully saturated rings. The molecule has 0 spiro atoms. The van der Waals surface area contributed by atoms with Crippen LogP contribution in [-0.4, -0.2) is 60.9 Å². The second kappa shape index (κ2) is 13.3. The number of nitrogens with zero attached hydrogens (tertiary/aromatic N) is 2. The van der Waals surface area contributed by atoms with E-state index in [4.69, 9.17) is 5.73 Å². The van der Waals surface area contributed by atoms with Crippen molar-refractivity contribution in [2.75, 3.05) is 36.4 Å². The van der Waals surface area contributed by atoms with Gasteiger partial charge in [-0.25, -0.2) is 8.78 Å². The molecular weight excluding hydrogens is 552 g/mol. The van der Waals surface area contributed by atoms with Gasteiger partial charge in [0.2, 0.25) is 0 Å². The van der Waals surface area contributed by atoms with Crippen LogP contribution < -0.4 is 21.3 Å². The van der Waals surface area contributed by atoms with Crippen LogP contribution >= 0.6 is 0 Å². The SMILES string of the molecule is Cc1cccc(C(=O)N2CCCN(c3ccc(C(=O)NC4CCC(N)CC4)cc3NC(=O)c3ccc(F)c(F)c3)CC2)c1. The van der Waals surface area contributed by atoms with E-state index in [2.05, 4.69) is 15.5 Å². The van der Waals surface area contributed by atoms with Gasteiger partial charge in [0.15, 0.2) is 11.6 Å². The number of hydrogen-bond donors (Lipinski definition) is 3. The number of rotatable bonds is 6. The number of carbonyl (C=O) groups is 3. The molecule has 0 unspecified atom stereocenters. The lowest BCUT2D eigenvalue weighted by atomic mass is 9.91. The molecule has 10 heteroatoms. The summed E-state index contributed by atoms with van der Waals surface area (Å²) in [7, 11) is 0. The van der Waals surface area contributed by atoms with E-state index in [1.807, 2.05) is 36.1 Å². The van der Waals surface area contributed by atoms with Gasteiger partial charge in [0.05, 0.1) is 11.4 Å². The fourth-order valence-electron chi connectivity index (χ4n) is 5.74. The van der Waals surface area contributed by atoms with E-state index in [0.29, 0.717) is 55.1 Å². The monoisotopic (exact) mass is 589 g/mol. The summed E-state index contributed by atoms with van der Waals surface area (Å²) in [6.07, 6.45) is 3.99. The highest BCUT2D eigenvalue weighted by molar-refractivity contribution is 6.07. The van der Waals surface area contributed by atoms with E-state index in [1.165, 1.54) is 6.07 Å². The van der Waals surface area contributed by atoms with Gasteiger partial charge in [-0.15, -0.1) is 0 Å². The Balaban J connectivity index is 1.37. The lowest BCUT2D eigenvalue weighted by Crippen LogP contribution is -2.40. The number of carbonyl (C=O) groups excluding carboxylic acids is 3. The lowest BCUT2D eigenvalue weighted by molar-refractivity contribution is 0.0766. The maximum absolute atomic E-state index is 13.9. The van der Waals surface area contributed by atoms with E-state index < -0.39 is 17.5 Å². The number of benzene rings is 3. The topological polar surface area (TPSA) is 108 Å². The van der Waals surface area contributed by atoms with Gasteiger partial charge in [0.1, 0.15) is 0 Å². The number of anilines is 2. The number of hydrogen-bond acceptors (Lipinski definition) is 5. The zero-order chi connectivity index (χ0) is 30.5. The molecular formula is C33H37F2N5O3. The molecule has 5 rings (SSSR count). The van der Waals surface area contributed by atoms with Crippen LogP contribution in [0.5, 0.6) is 0 Å². The van der Waals surface area contributed by atoms with Crippen molar-refractivity contribution in [1.29, 1.82) is 0 Å². The fourth-order valence-corrected chi connectivity index (χ4v) is 5.74. The van der Waals surface area contributed by atoms with Gasteiger partial charge in [-0.1, -0.05) is 17.7 Å². The van der Waals surface area contributed by atoms with Crippen LogP contribution in [0.3, 0.4) is 0 Å². The van der Waals surface area contributed by atoms with E-state index in [0.717, 1.165) is 43.4 Å². The first-order chi connectivity index (χ1) is 20.7. The molecule has 8 nitrogen and oxygen atoms in total. The number of nitrogens with two attached hydrogens (primary N) is 1. The molecule has 3 aromatic carbocycles. The minimum absolute atomic E-state index is 0.0229. The quantitative estimate of drug-likeness (QED) is 0.380. The van der Waals surface area contributed by atoms with Crippen LogP contribution in [0.1, 0.15) is 68.7 Å². The predicted molar refractivity (Wildman–Crippen MR) is 162 cm³/mol. The van der Waals surface area contributed by atoms with Crippen molar-refractivity contribution >= 4 is 29.1 Å². The van der Waals surface area contributed by atoms with Crippen LogP contribution in [0.4, 0.5) is 20.2 Å². The van der Waals surface area contributed by atoms with Crippen molar-refractivity contribution in [2.24, 2.45) is 5.73 Å². The number of aryl methyl sites for hydroxylation is 1. The van der Waals surface area contributed by atoms with Crippen molar-refractivity contribution < 1.29 is 23.2 Å². The Morgan fingerprint density at radius 1 is 0.791 bits per heavy atom. The molecule has 4 N–H and O–H groups in total. The van der Waals surface area contributed by atoms with Crippen molar-refractivity contribution in [2.45, 2.75) is 51.1 Å². The normalized spacial score (nSPS) is 19.0. The largest absolute Gasteiger partial charge is 0.368 e. The highest BCUT2D eigenvalue weighted by Crippen LogP contribution is 2.30. The molecule has 226 valence electrons. The van der Waals surface area contributed by atoms with E-state index in [9.17, 15) is 23.2 Å². The molecule has 0 aromatic heterocycles. The second-order valence-electron chi connectivity index (χ2n) is 11.4. The lowest BCUT2D eigenvalue weighted by Gasteiger charge is -2.28. The first-order valence-corrected chi connectivity index (χ1v) is 14.8. The number of halogens is 2. The molecule has 3 aromatic rings. The average Bonchev–Trinajstić information content (AvgIpc) is 3.25. The summed E-state index contributed by atoms with van der Waals surface area (Å²) in [5.74, 6) is -3.10. The van der Waals surface area contributed by atoms with Crippen LogP contribution in [0, 0.1) is 18.6 Å². The number of nitrogens with one attached hydrogen (secondary N) is 2. The first kappa shape index (κ1) is 30.2. The van der Waals surface area contributed by atoms with Gasteiger partial charge in [0, 0.05) is 55.0 Å². The Kier molecular flexibility index (Phi) is 9.35. The van der Waals surface area contributed by atoms with Crippen molar-refractivity contribution in [3.05, 3.63) is 94.6 Å². The molecule has 0 bridgehead atoms. The third-order valence-electron chi connectivity index (χ3n) is 8.18. The van der Waals surface area contributed by atoms with Gasteiger partial charge in [-0.3, -0.25) is 14.4 Å². The molecule has 43 heavy (non-hydrogen) atoms. The van der Waals surface area contributed by atoms with Crippen LogP contribution in [0.2, 0.25) is 0 Å². The van der Waals surface area contributed by atoms with E-state index in [1.54, 1.807) is 18.2 Å². The van der Waals surface area contributed by atoms with Gasteiger partial charge >= 0.3 is 0 Å². The summed E-state index contributed by atoms with van der Waals surface area (Å²) in [5.41, 5.74) is 9.01. The van der Waals surface area contributed by atoms with Crippen LogP contribution in [-0.2, 0) is 0 Å². The average molecular weight is 590 g/mol. The summed E-state index contributed by atoms with van der Waals surface area (Å²) in [6.45, 7) is 4.10. The Hall–Kier alpha value is -4.31. The Morgan fingerprint density at radius 2 is 1.53 bits per heavy atom. The third-order valence-corrected chi connectivity index (χ3v) is 8.18. The van der Waals surface area contributed by atoms with Crippen LogP contribution in [0.15, 0.2) is 60.7 Å². The molecule has 3 amide bonds. The van der Waals surface area contributed by atoms with Gasteiger partial charge in [-0.2, -0.15) is 0 Å². The summed E-state index contributed by atoms with van der Waals surface area (Å²) < 4.78 is 27.4. The molecule has 1 heterocycles. The minimum Gasteiger partial charge on any atom is -0.368 e. The standard InChI is InChI=1S/C33H37F2N5O3/c1-21-4-2-5-24(18-21)33(43)40-15-3-14-39(16-17-40)30-13-7-23(31(41)37-26-10-8-25(36)9-11-26)20-29(30)38-32(42)22-6-12-27(34)28(35)19-22/h2,4-7,12-13,18-20,25-26H,3,8-11,14-17,36H2,1H3,(H,37,41)(H,38,42). The van der Waals surface area contributed by atoms with Crippen molar-refractivity contribution in [3.8, 4) is 0 Å². The number of amides is 3. The van der Waals surface area contributed by atoms with E-state index >= 15 is 0 Å². The van der Waals surface area contributed by atoms with Crippen molar-refractivity contribution in [1.82, 2.24) is 10.2 Å². The first-order valence-electron chi connectivity index (χ1n) is 14.8. The molecule has 0 radical (unpaired) electrons. The van der Waals surface area contributed by atoms with Gasteiger partial charge in [0.25, 0.3) is 17.7 Å². The minimum atomic E-state index is -1.13. The maximum Gasteiger partial charge on any atom is 0.255 e. The fraction of sp³-hybridized carbons (Fsp3) is 0.364. The van der Waals surface area contributed by atoms with Gasteiger partial charge < -0.3 is 26.2 Å². The Labute approximate surface area is 250 Å². The van der Waals surface area contributed by atoms with E-state index in [-0.39, 0.29) is 29.5 Å². The Morgan fingerprint density at radius 3 is 2.28 bits per heavy atom. The molecule has 1 saturated carbocycles. The summed E-state index contributed by atoms with van der Waals surface area (Å²) in [4.78, 5) is 43.5. The van der Waals surface area contributed by atoms with Crippen LogP contribution in [0.25, 0.3) is 0 Å². The smallest absolute Gasteiger partial charge is 0.255 e. The summed E-state index contributed by atoms with van der Waals surface area (Å²) in [6, 6.07) is 15.7. The third kappa shape index (κ3) is 7.37. The van der Waals surface area contributed by atoms with Gasteiger partial charge in [-0.05, 0) is 87.6 Å². The maximum atomic E-state index is 13.9. The summed E-state index contributed by atoms with van der Waals surface area (Å²) >= 11 is 0. The molecule has 1 saturated heterocycles. The second-order valence-corrected chi connectivity index (χ2v) is 11.4. The zero-order valence-corrected chi connectivity index (χ0v) is 24.2. The molecule has 1 aliphatic carbocycles. The zero-order valence-electron chi connectivity index (χ0n) is 24.2.